The highest BCUT2D eigenvalue weighted by atomic mass is 16.7. The zero-order valence-electron chi connectivity index (χ0n) is 15.2. The summed E-state index contributed by atoms with van der Waals surface area (Å²) in [6.07, 6.45) is 7.21. The fourth-order valence-electron chi connectivity index (χ4n) is 3.12. The van der Waals surface area contributed by atoms with Crippen LogP contribution in [-0.4, -0.2) is 28.9 Å². The lowest BCUT2D eigenvalue weighted by molar-refractivity contribution is 0.0525. The standard InChI is InChI=1S/C22H19N3O2/c1-15-7-8-18-19(16-5-3-9-23-12-16)11-20(17-6-4-10-24-13-17)22(21(18)25-15)27-14-26-2/h3-13H,14H2,1-2H3. The number of hydrogen-bond acceptors (Lipinski definition) is 5. The molecule has 0 aliphatic rings. The average molecular weight is 357 g/mol. The quantitative estimate of drug-likeness (QED) is 0.487. The van der Waals surface area contributed by atoms with Gasteiger partial charge in [-0.25, -0.2) is 4.98 Å². The molecule has 134 valence electrons. The SMILES string of the molecule is COCOc1c(-c2cccnc2)cc(-c2cccnc2)c2ccc(C)nc12. The Hall–Kier alpha value is -3.31. The van der Waals surface area contributed by atoms with Crippen LogP contribution in [-0.2, 0) is 4.74 Å². The summed E-state index contributed by atoms with van der Waals surface area (Å²) in [5.74, 6) is 0.691. The summed E-state index contributed by atoms with van der Waals surface area (Å²) in [4.78, 5) is 13.3. The molecule has 0 atom stereocenters. The van der Waals surface area contributed by atoms with Crippen molar-refractivity contribution in [2.75, 3.05) is 13.9 Å². The van der Waals surface area contributed by atoms with Crippen molar-refractivity contribution in [2.24, 2.45) is 0 Å². The van der Waals surface area contributed by atoms with Crippen LogP contribution in [0.4, 0.5) is 0 Å². The van der Waals surface area contributed by atoms with Gasteiger partial charge >= 0.3 is 0 Å². The van der Waals surface area contributed by atoms with Gasteiger partial charge in [0, 0.05) is 59.7 Å². The smallest absolute Gasteiger partial charge is 0.188 e. The van der Waals surface area contributed by atoms with Gasteiger partial charge in [0.15, 0.2) is 12.5 Å². The molecule has 0 fully saturated rings. The number of nitrogens with zero attached hydrogens (tertiary/aromatic N) is 3. The van der Waals surface area contributed by atoms with E-state index in [0.717, 1.165) is 38.9 Å². The minimum atomic E-state index is 0.143. The van der Waals surface area contributed by atoms with Crippen LogP contribution in [0.3, 0.4) is 0 Å². The Balaban J connectivity index is 2.07. The molecule has 0 amide bonds. The van der Waals surface area contributed by atoms with E-state index in [-0.39, 0.29) is 6.79 Å². The summed E-state index contributed by atoms with van der Waals surface area (Å²) in [7, 11) is 1.61. The fraction of sp³-hybridized carbons (Fsp3) is 0.136. The molecular weight excluding hydrogens is 338 g/mol. The number of rotatable bonds is 5. The number of aromatic nitrogens is 3. The molecule has 0 aliphatic heterocycles. The van der Waals surface area contributed by atoms with Gasteiger partial charge in [0.05, 0.1) is 0 Å². The lowest BCUT2D eigenvalue weighted by Gasteiger charge is -2.17. The molecule has 0 unspecified atom stereocenters. The van der Waals surface area contributed by atoms with Crippen molar-refractivity contribution >= 4 is 10.9 Å². The van der Waals surface area contributed by atoms with Gasteiger partial charge in [-0.2, -0.15) is 0 Å². The molecule has 0 radical (unpaired) electrons. The van der Waals surface area contributed by atoms with Crippen molar-refractivity contribution in [3.05, 3.63) is 72.9 Å². The summed E-state index contributed by atoms with van der Waals surface area (Å²) in [5.41, 5.74) is 5.67. The van der Waals surface area contributed by atoms with Crippen LogP contribution >= 0.6 is 0 Å². The molecule has 27 heavy (non-hydrogen) atoms. The molecule has 1 aromatic carbocycles. The maximum Gasteiger partial charge on any atom is 0.188 e. The van der Waals surface area contributed by atoms with E-state index in [9.17, 15) is 0 Å². The highest BCUT2D eigenvalue weighted by molar-refractivity contribution is 6.02. The monoisotopic (exact) mass is 357 g/mol. The van der Waals surface area contributed by atoms with E-state index in [0.29, 0.717) is 5.75 Å². The third-order valence-corrected chi connectivity index (χ3v) is 4.34. The summed E-state index contributed by atoms with van der Waals surface area (Å²) in [6.45, 7) is 2.12. The highest BCUT2D eigenvalue weighted by Crippen LogP contribution is 2.41. The van der Waals surface area contributed by atoms with Crippen molar-refractivity contribution in [2.45, 2.75) is 6.92 Å². The third kappa shape index (κ3) is 3.37. The fourth-order valence-corrected chi connectivity index (χ4v) is 3.12. The predicted molar refractivity (Wildman–Crippen MR) is 105 cm³/mol. The summed E-state index contributed by atoms with van der Waals surface area (Å²) >= 11 is 0. The second-order valence-electron chi connectivity index (χ2n) is 6.18. The molecular formula is C22H19N3O2. The number of benzene rings is 1. The Labute approximate surface area is 157 Å². The van der Waals surface area contributed by atoms with E-state index in [4.69, 9.17) is 14.5 Å². The second kappa shape index (κ2) is 7.51. The summed E-state index contributed by atoms with van der Waals surface area (Å²) in [6, 6.07) is 14.1. The van der Waals surface area contributed by atoms with Crippen molar-refractivity contribution in [1.82, 2.24) is 15.0 Å². The van der Waals surface area contributed by atoms with Crippen molar-refractivity contribution < 1.29 is 9.47 Å². The summed E-state index contributed by atoms with van der Waals surface area (Å²) in [5, 5.41) is 1.01. The number of methoxy groups -OCH3 is 1. The molecule has 4 aromatic rings. The first-order valence-corrected chi connectivity index (χ1v) is 8.65. The van der Waals surface area contributed by atoms with Crippen molar-refractivity contribution in [3.8, 4) is 28.0 Å². The Morgan fingerprint density at radius 1 is 0.889 bits per heavy atom. The normalized spacial score (nSPS) is 10.9. The first-order valence-electron chi connectivity index (χ1n) is 8.65. The van der Waals surface area contributed by atoms with E-state index < -0.39 is 0 Å². The number of fused-ring (bicyclic) bond motifs is 1. The molecule has 0 saturated heterocycles. The Kier molecular flexibility index (Phi) is 4.77. The second-order valence-corrected chi connectivity index (χ2v) is 6.18. The van der Waals surface area contributed by atoms with Gasteiger partial charge in [-0.1, -0.05) is 18.2 Å². The van der Waals surface area contributed by atoms with Gasteiger partial charge in [-0.3, -0.25) is 9.97 Å². The van der Waals surface area contributed by atoms with Gasteiger partial charge in [-0.05, 0) is 36.8 Å². The van der Waals surface area contributed by atoms with Crippen LogP contribution in [0.5, 0.6) is 5.75 Å². The van der Waals surface area contributed by atoms with Gasteiger partial charge in [0.2, 0.25) is 0 Å². The first kappa shape index (κ1) is 17.1. The molecule has 4 rings (SSSR count). The van der Waals surface area contributed by atoms with Crippen LogP contribution in [0.15, 0.2) is 67.3 Å². The zero-order chi connectivity index (χ0) is 18.6. The van der Waals surface area contributed by atoms with E-state index >= 15 is 0 Å². The van der Waals surface area contributed by atoms with Crippen LogP contribution in [0.2, 0.25) is 0 Å². The lowest BCUT2D eigenvalue weighted by atomic mass is 9.95. The van der Waals surface area contributed by atoms with E-state index in [1.807, 2.05) is 49.6 Å². The van der Waals surface area contributed by atoms with Crippen LogP contribution in [0.25, 0.3) is 33.2 Å². The molecule has 5 nitrogen and oxygen atoms in total. The molecule has 0 N–H and O–H groups in total. The molecule has 3 aromatic heterocycles. The van der Waals surface area contributed by atoms with Gasteiger partial charge in [0.25, 0.3) is 0 Å². The molecule has 5 heteroatoms. The highest BCUT2D eigenvalue weighted by Gasteiger charge is 2.18. The number of aryl methyl sites for hydroxylation is 1. The number of ether oxygens (including phenoxy) is 2. The molecule has 0 bridgehead atoms. The number of pyridine rings is 3. The van der Waals surface area contributed by atoms with Crippen LogP contribution in [0, 0.1) is 6.92 Å². The van der Waals surface area contributed by atoms with Gasteiger partial charge in [0.1, 0.15) is 5.52 Å². The van der Waals surface area contributed by atoms with E-state index in [2.05, 4.69) is 22.1 Å². The lowest BCUT2D eigenvalue weighted by Crippen LogP contribution is -2.03. The Bertz CT molecular complexity index is 1070. The predicted octanol–water partition coefficient (Wildman–Crippen LogP) is 4.65. The van der Waals surface area contributed by atoms with Crippen LogP contribution in [0.1, 0.15) is 5.69 Å². The molecule has 0 saturated carbocycles. The average Bonchev–Trinajstić information content (AvgIpc) is 2.73. The summed E-state index contributed by atoms with van der Waals surface area (Å²) < 4.78 is 11.1. The minimum absolute atomic E-state index is 0.143. The minimum Gasteiger partial charge on any atom is -0.465 e. The Morgan fingerprint density at radius 3 is 2.22 bits per heavy atom. The van der Waals surface area contributed by atoms with Crippen molar-refractivity contribution in [3.63, 3.8) is 0 Å². The zero-order valence-corrected chi connectivity index (χ0v) is 15.2. The van der Waals surface area contributed by atoms with Gasteiger partial charge in [-0.15, -0.1) is 0 Å². The molecule has 3 heterocycles. The topological polar surface area (TPSA) is 57.1 Å². The number of hydrogen-bond donors (Lipinski definition) is 0. The van der Waals surface area contributed by atoms with E-state index in [1.54, 1.807) is 19.5 Å². The van der Waals surface area contributed by atoms with E-state index in [1.165, 1.54) is 0 Å². The first-order chi connectivity index (χ1) is 13.3. The third-order valence-electron chi connectivity index (χ3n) is 4.34. The van der Waals surface area contributed by atoms with Crippen LogP contribution < -0.4 is 4.74 Å². The maximum absolute atomic E-state index is 5.97. The largest absolute Gasteiger partial charge is 0.465 e. The van der Waals surface area contributed by atoms with Gasteiger partial charge < -0.3 is 9.47 Å². The Morgan fingerprint density at radius 2 is 1.59 bits per heavy atom. The molecule has 0 spiro atoms. The molecule has 0 aliphatic carbocycles. The van der Waals surface area contributed by atoms with Crippen molar-refractivity contribution in [1.29, 1.82) is 0 Å². The maximum atomic E-state index is 5.97.